The fourth-order valence-electron chi connectivity index (χ4n) is 1.98. The maximum Gasteiger partial charge on any atom is 0.227 e. The van der Waals surface area contributed by atoms with Crippen molar-refractivity contribution in [1.82, 2.24) is 5.32 Å². The van der Waals surface area contributed by atoms with E-state index in [2.05, 4.69) is 5.32 Å². The lowest BCUT2D eigenvalue weighted by Gasteiger charge is -2.37. The quantitative estimate of drug-likeness (QED) is 0.689. The van der Waals surface area contributed by atoms with Gasteiger partial charge in [0, 0.05) is 12.1 Å². The molecule has 4 N–H and O–H groups in total. The number of aliphatic hydroxyl groups is 1. The van der Waals surface area contributed by atoms with E-state index in [1.807, 2.05) is 27.7 Å². The van der Waals surface area contributed by atoms with E-state index >= 15 is 0 Å². The SMILES string of the molecule is CC(C)(N)C(C)(C)C(=O)NCC1CCC(O)C1. The van der Waals surface area contributed by atoms with Gasteiger partial charge >= 0.3 is 0 Å². The molecule has 1 saturated carbocycles. The fraction of sp³-hybridized carbons (Fsp3) is 0.923. The van der Waals surface area contributed by atoms with Gasteiger partial charge in [0.2, 0.25) is 5.91 Å². The number of amides is 1. The molecular formula is C13H26N2O2. The Morgan fingerprint density at radius 2 is 1.94 bits per heavy atom. The van der Waals surface area contributed by atoms with Crippen LogP contribution < -0.4 is 11.1 Å². The van der Waals surface area contributed by atoms with Crippen molar-refractivity contribution in [2.45, 2.75) is 58.6 Å². The van der Waals surface area contributed by atoms with E-state index in [1.54, 1.807) is 0 Å². The van der Waals surface area contributed by atoms with E-state index in [9.17, 15) is 9.90 Å². The van der Waals surface area contributed by atoms with Crippen molar-refractivity contribution in [3.8, 4) is 0 Å². The summed E-state index contributed by atoms with van der Waals surface area (Å²) in [5, 5.41) is 12.4. The molecule has 0 aliphatic heterocycles. The molecular weight excluding hydrogens is 216 g/mol. The Hall–Kier alpha value is -0.610. The van der Waals surface area contributed by atoms with Crippen LogP contribution in [0.3, 0.4) is 0 Å². The predicted molar refractivity (Wildman–Crippen MR) is 68.4 cm³/mol. The largest absolute Gasteiger partial charge is 0.393 e. The minimum atomic E-state index is -0.593. The molecule has 0 saturated heterocycles. The molecule has 1 fully saturated rings. The maximum atomic E-state index is 12.1. The first-order valence-electron chi connectivity index (χ1n) is 6.40. The van der Waals surface area contributed by atoms with Gasteiger partial charge in [-0.15, -0.1) is 0 Å². The third kappa shape index (κ3) is 3.42. The van der Waals surface area contributed by atoms with Crippen molar-refractivity contribution < 1.29 is 9.90 Å². The van der Waals surface area contributed by atoms with E-state index in [0.29, 0.717) is 12.5 Å². The minimum absolute atomic E-state index is 0.00797. The van der Waals surface area contributed by atoms with E-state index in [4.69, 9.17) is 5.73 Å². The van der Waals surface area contributed by atoms with Crippen LogP contribution in [0.5, 0.6) is 0 Å². The van der Waals surface area contributed by atoms with Crippen molar-refractivity contribution in [3.05, 3.63) is 0 Å². The van der Waals surface area contributed by atoms with Crippen LogP contribution in [0.2, 0.25) is 0 Å². The van der Waals surface area contributed by atoms with Crippen LogP contribution in [0, 0.1) is 11.3 Å². The number of carbonyl (C=O) groups excluding carboxylic acids is 1. The third-order valence-corrected chi connectivity index (χ3v) is 4.24. The zero-order chi connectivity index (χ0) is 13.3. The topological polar surface area (TPSA) is 75.4 Å². The third-order valence-electron chi connectivity index (χ3n) is 4.24. The first kappa shape index (κ1) is 14.5. The Morgan fingerprint density at radius 1 is 1.35 bits per heavy atom. The van der Waals surface area contributed by atoms with Crippen LogP contribution in [0.4, 0.5) is 0 Å². The summed E-state index contributed by atoms with van der Waals surface area (Å²) in [7, 11) is 0. The Bertz CT molecular complexity index is 282. The molecule has 4 nitrogen and oxygen atoms in total. The summed E-state index contributed by atoms with van der Waals surface area (Å²) >= 11 is 0. The van der Waals surface area contributed by atoms with Crippen LogP contribution in [0.25, 0.3) is 0 Å². The average Bonchev–Trinajstić information content (AvgIpc) is 2.58. The number of rotatable bonds is 4. The average molecular weight is 242 g/mol. The van der Waals surface area contributed by atoms with Crippen molar-refractivity contribution in [2.24, 2.45) is 17.1 Å². The van der Waals surface area contributed by atoms with Gasteiger partial charge in [-0.3, -0.25) is 4.79 Å². The standard InChI is InChI=1S/C13H26N2O2/c1-12(2,13(3,4)14)11(17)15-8-9-5-6-10(16)7-9/h9-10,16H,5-8,14H2,1-4H3,(H,15,17). The Kier molecular flexibility index (Phi) is 4.20. The number of aliphatic hydroxyl groups excluding tert-OH is 1. The monoisotopic (exact) mass is 242 g/mol. The minimum Gasteiger partial charge on any atom is -0.393 e. The van der Waals surface area contributed by atoms with Gasteiger partial charge in [-0.25, -0.2) is 0 Å². The van der Waals surface area contributed by atoms with Gasteiger partial charge in [0.15, 0.2) is 0 Å². The summed E-state index contributed by atoms with van der Waals surface area (Å²) in [5.74, 6) is 0.400. The number of hydrogen-bond donors (Lipinski definition) is 3. The van der Waals surface area contributed by atoms with Crippen LogP contribution in [0.15, 0.2) is 0 Å². The maximum absolute atomic E-state index is 12.1. The molecule has 0 aromatic rings. The van der Waals surface area contributed by atoms with Crippen LogP contribution in [-0.4, -0.2) is 29.2 Å². The lowest BCUT2D eigenvalue weighted by Crippen LogP contribution is -2.56. The van der Waals surface area contributed by atoms with E-state index in [0.717, 1.165) is 19.3 Å². The van der Waals surface area contributed by atoms with Crippen LogP contribution >= 0.6 is 0 Å². The molecule has 0 heterocycles. The van der Waals surface area contributed by atoms with Gasteiger partial charge in [-0.05, 0) is 52.9 Å². The summed E-state index contributed by atoms with van der Waals surface area (Å²) < 4.78 is 0. The van der Waals surface area contributed by atoms with Gasteiger partial charge in [-0.1, -0.05) is 0 Å². The van der Waals surface area contributed by atoms with Crippen molar-refractivity contribution in [3.63, 3.8) is 0 Å². The molecule has 0 bridgehead atoms. The van der Waals surface area contributed by atoms with Gasteiger partial charge < -0.3 is 16.2 Å². The second-order valence-corrected chi connectivity index (χ2v) is 6.39. The number of nitrogens with one attached hydrogen (secondary N) is 1. The molecule has 1 aliphatic rings. The zero-order valence-corrected chi connectivity index (χ0v) is 11.4. The van der Waals surface area contributed by atoms with E-state index < -0.39 is 11.0 Å². The molecule has 1 rings (SSSR count). The first-order chi connectivity index (χ1) is 7.64. The highest BCUT2D eigenvalue weighted by Crippen LogP contribution is 2.29. The summed E-state index contributed by atoms with van der Waals surface area (Å²) in [6.07, 6.45) is 2.46. The van der Waals surface area contributed by atoms with Crippen molar-refractivity contribution >= 4 is 5.91 Å². The highest BCUT2D eigenvalue weighted by molar-refractivity contribution is 5.83. The van der Waals surface area contributed by atoms with Crippen LogP contribution in [0.1, 0.15) is 47.0 Å². The van der Waals surface area contributed by atoms with Gasteiger partial charge in [0.1, 0.15) is 0 Å². The zero-order valence-electron chi connectivity index (χ0n) is 11.4. The summed E-state index contributed by atoms with van der Waals surface area (Å²) in [4.78, 5) is 12.1. The van der Waals surface area contributed by atoms with Gasteiger partial charge in [0.25, 0.3) is 0 Å². The lowest BCUT2D eigenvalue weighted by atomic mass is 9.74. The molecule has 1 aliphatic carbocycles. The van der Waals surface area contributed by atoms with Crippen LogP contribution in [-0.2, 0) is 4.79 Å². The molecule has 1 amide bonds. The smallest absolute Gasteiger partial charge is 0.227 e. The molecule has 0 aromatic heterocycles. The Labute approximate surface area is 104 Å². The molecule has 100 valence electrons. The van der Waals surface area contributed by atoms with Crippen molar-refractivity contribution in [1.29, 1.82) is 0 Å². The number of hydrogen-bond acceptors (Lipinski definition) is 3. The van der Waals surface area contributed by atoms with Gasteiger partial charge in [-0.2, -0.15) is 0 Å². The second kappa shape index (κ2) is 4.94. The molecule has 4 heteroatoms. The first-order valence-corrected chi connectivity index (χ1v) is 6.40. The normalized spacial score (nSPS) is 26.0. The Morgan fingerprint density at radius 3 is 2.35 bits per heavy atom. The summed E-state index contributed by atoms with van der Waals surface area (Å²) in [5.41, 5.74) is 4.88. The molecule has 0 aromatic carbocycles. The number of carbonyl (C=O) groups is 1. The highest BCUT2D eigenvalue weighted by atomic mass is 16.3. The summed E-state index contributed by atoms with van der Waals surface area (Å²) in [6.45, 7) is 8.12. The Balaban J connectivity index is 2.45. The molecule has 2 atom stereocenters. The van der Waals surface area contributed by atoms with E-state index in [1.165, 1.54) is 0 Å². The highest BCUT2D eigenvalue weighted by Gasteiger charge is 2.40. The predicted octanol–water partition coefficient (Wildman–Crippen LogP) is 1.03. The molecule has 0 spiro atoms. The number of nitrogens with two attached hydrogens (primary N) is 1. The molecule has 2 unspecified atom stereocenters. The molecule has 0 radical (unpaired) electrons. The molecule has 17 heavy (non-hydrogen) atoms. The lowest BCUT2D eigenvalue weighted by molar-refractivity contribution is -0.132. The fourth-order valence-corrected chi connectivity index (χ4v) is 1.98. The van der Waals surface area contributed by atoms with Gasteiger partial charge in [0.05, 0.1) is 11.5 Å². The van der Waals surface area contributed by atoms with E-state index in [-0.39, 0.29) is 12.0 Å². The second-order valence-electron chi connectivity index (χ2n) is 6.39. The summed E-state index contributed by atoms with van der Waals surface area (Å²) in [6, 6.07) is 0. The van der Waals surface area contributed by atoms with Crippen molar-refractivity contribution in [2.75, 3.05) is 6.54 Å².